The summed E-state index contributed by atoms with van der Waals surface area (Å²) < 4.78 is 26.9. The number of nitrogens with zero attached hydrogens (tertiary/aromatic N) is 4. The van der Waals surface area contributed by atoms with Crippen LogP contribution in [-0.2, 0) is 0 Å². The summed E-state index contributed by atoms with van der Waals surface area (Å²) in [6.07, 6.45) is -2.47. The highest BCUT2D eigenvalue weighted by Crippen LogP contribution is 2.23. The smallest absolute Gasteiger partial charge is 0.263 e. The molecule has 0 amide bonds. The average molecular weight is 317 g/mol. The van der Waals surface area contributed by atoms with Gasteiger partial charge in [-0.1, -0.05) is 26.0 Å². The minimum absolute atomic E-state index is 0.00513. The van der Waals surface area contributed by atoms with Crippen molar-refractivity contribution in [2.45, 2.75) is 33.1 Å². The van der Waals surface area contributed by atoms with Crippen molar-refractivity contribution >= 4 is 17.3 Å². The number of anilines is 2. The van der Waals surface area contributed by atoms with Crippen LogP contribution in [0.4, 0.5) is 20.3 Å². The van der Waals surface area contributed by atoms with E-state index in [2.05, 4.69) is 20.4 Å². The normalized spacial score (nSPS) is 11.6. The third-order valence-electron chi connectivity index (χ3n) is 3.41. The maximum Gasteiger partial charge on any atom is 0.263 e. The maximum absolute atomic E-state index is 12.6. The van der Waals surface area contributed by atoms with Gasteiger partial charge >= 0.3 is 0 Å². The van der Waals surface area contributed by atoms with Crippen molar-refractivity contribution in [2.24, 2.45) is 0 Å². The van der Waals surface area contributed by atoms with Gasteiger partial charge in [0.2, 0.25) is 0 Å². The summed E-state index contributed by atoms with van der Waals surface area (Å²) in [5.41, 5.74) is 1.49. The maximum atomic E-state index is 12.6. The van der Waals surface area contributed by atoms with Crippen LogP contribution < -0.4 is 5.32 Å². The largest absolute Gasteiger partial charge is 0.340 e. The summed E-state index contributed by atoms with van der Waals surface area (Å²) >= 11 is 0. The zero-order valence-corrected chi connectivity index (χ0v) is 13.1. The van der Waals surface area contributed by atoms with Crippen molar-refractivity contribution in [3.05, 3.63) is 47.4 Å². The molecule has 3 rings (SSSR count). The number of nitrogens with one attached hydrogen (secondary N) is 1. The van der Waals surface area contributed by atoms with Crippen LogP contribution in [0.1, 0.15) is 43.3 Å². The number of hydrogen-bond donors (Lipinski definition) is 1. The highest BCUT2D eigenvalue weighted by atomic mass is 19.3. The molecule has 1 N–H and O–H groups in total. The molecule has 0 aliphatic heterocycles. The van der Waals surface area contributed by atoms with Gasteiger partial charge in [0.1, 0.15) is 5.82 Å². The Balaban J connectivity index is 1.98. The fraction of sp³-hybridized carbons (Fsp3) is 0.312. The van der Waals surface area contributed by atoms with E-state index >= 15 is 0 Å². The Morgan fingerprint density at radius 1 is 1.09 bits per heavy atom. The number of alkyl halides is 2. The summed E-state index contributed by atoms with van der Waals surface area (Å²) in [6.45, 7) is 5.89. The quantitative estimate of drug-likeness (QED) is 0.782. The summed E-state index contributed by atoms with van der Waals surface area (Å²) in [5, 5.41) is 7.64. The molecule has 0 aliphatic rings. The molecule has 1 aromatic carbocycles. The predicted molar refractivity (Wildman–Crippen MR) is 84.3 cm³/mol. The SMILES string of the molecule is Cc1cc(Nc2ccc(C(F)F)cc2)n2nc(C(C)C)nc2n1. The van der Waals surface area contributed by atoms with Gasteiger partial charge in [0, 0.05) is 28.9 Å². The lowest BCUT2D eigenvalue weighted by Crippen LogP contribution is -2.03. The first-order valence-corrected chi connectivity index (χ1v) is 7.33. The van der Waals surface area contributed by atoms with Crippen LogP contribution in [0.25, 0.3) is 5.78 Å². The zero-order chi connectivity index (χ0) is 16.6. The fourth-order valence-corrected chi connectivity index (χ4v) is 2.20. The van der Waals surface area contributed by atoms with Crippen LogP contribution >= 0.6 is 0 Å². The van der Waals surface area contributed by atoms with E-state index in [0.29, 0.717) is 23.1 Å². The lowest BCUT2D eigenvalue weighted by atomic mass is 10.2. The Bertz CT molecular complexity index is 824. The molecule has 0 unspecified atom stereocenters. The zero-order valence-electron chi connectivity index (χ0n) is 13.1. The number of fused-ring (bicyclic) bond motifs is 1. The van der Waals surface area contributed by atoms with E-state index in [1.165, 1.54) is 12.1 Å². The number of hydrogen-bond acceptors (Lipinski definition) is 4. The van der Waals surface area contributed by atoms with Gasteiger partial charge in [-0.3, -0.25) is 0 Å². The molecule has 23 heavy (non-hydrogen) atoms. The molecule has 5 nitrogen and oxygen atoms in total. The summed E-state index contributed by atoms with van der Waals surface area (Å²) in [5.74, 6) is 2.10. The molecule has 0 saturated heterocycles. The number of rotatable bonds is 4. The van der Waals surface area contributed by atoms with E-state index < -0.39 is 6.43 Å². The molecule has 0 fully saturated rings. The molecule has 2 heterocycles. The molecule has 3 aromatic rings. The second-order valence-electron chi connectivity index (χ2n) is 5.67. The van der Waals surface area contributed by atoms with Crippen molar-refractivity contribution in [3.8, 4) is 0 Å². The van der Waals surface area contributed by atoms with E-state index in [1.807, 2.05) is 26.8 Å². The van der Waals surface area contributed by atoms with Gasteiger partial charge in [0.05, 0.1) is 0 Å². The van der Waals surface area contributed by atoms with Gasteiger partial charge in [-0.05, 0) is 19.1 Å². The number of aryl methyl sites for hydroxylation is 1. The minimum atomic E-state index is -2.47. The predicted octanol–water partition coefficient (Wildman–Crippen LogP) is 4.24. The van der Waals surface area contributed by atoms with Crippen molar-refractivity contribution in [1.82, 2.24) is 19.6 Å². The standard InChI is InChI=1S/C16H17F2N5/c1-9(2)15-21-16-19-10(3)8-13(23(16)22-15)20-12-6-4-11(5-7-12)14(17)18/h4-9,14,20H,1-3H3. The highest BCUT2D eigenvalue weighted by molar-refractivity contribution is 5.59. The van der Waals surface area contributed by atoms with Crippen LogP contribution in [0.2, 0.25) is 0 Å². The topological polar surface area (TPSA) is 55.1 Å². The molecular weight excluding hydrogens is 300 g/mol. The van der Waals surface area contributed by atoms with Crippen molar-refractivity contribution in [3.63, 3.8) is 0 Å². The molecule has 120 valence electrons. The van der Waals surface area contributed by atoms with Gasteiger partial charge in [0.15, 0.2) is 5.82 Å². The molecule has 0 atom stereocenters. The van der Waals surface area contributed by atoms with E-state index in [4.69, 9.17) is 0 Å². The Morgan fingerprint density at radius 2 is 1.78 bits per heavy atom. The number of benzene rings is 1. The second kappa shape index (κ2) is 5.91. The van der Waals surface area contributed by atoms with Crippen LogP contribution in [-0.4, -0.2) is 19.6 Å². The van der Waals surface area contributed by atoms with Gasteiger partial charge in [-0.15, -0.1) is 5.10 Å². The summed E-state index contributed by atoms with van der Waals surface area (Å²) in [4.78, 5) is 8.78. The van der Waals surface area contributed by atoms with E-state index in [9.17, 15) is 8.78 Å². The first kappa shape index (κ1) is 15.3. The number of aromatic nitrogens is 4. The van der Waals surface area contributed by atoms with Gasteiger partial charge in [-0.2, -0.15) is 9.50 Å². The molecule has 0 bridgehead atoms. The van der Waals surface area contributed by atoms with Gasteiger partial charge < -0.3 is 5.32 Å². The minimum Gasteiger partial charge on any atom is -0.340 e. The Morgan fingerprint density at radius 3 is 2.39 bits per heavy atom. The Kier molecular flexibility index (Phi) is 3.94. The first-order valence-electron chi connectivity index (χ1n) is 7.33. The van der Waals surface area contributed by atoms with E-state index in [1.54, 1.807) is 16.6 Å². The highest BCUT2D eigenvalue weighted by Gasteiger charge is 2.13. The van der Waals surface area contributed by atoms with Gasteiger partial charge in [0.25, 0.3) is 12.2 Å². The average Bonchev–Trinajstić information content (AvgIpc) is 2.92. The summed E-state index contributed by atoms with van der Waals surface area (Å²) in [7, 11) is 0. The Hall–Kier alpha value is -2.57. The van der Waals surface area contributed by atoms with E-state index in [0.717, 1.165) is 5.69 Å². The van der Waals surface area contributed by atoms with Crippen molar-refractivity contribution in [2.75, 3.05) is 5.32 Å². The molecule has 0 aliphatic carbocycles. The second-order valence-corrected chi connectivity index (χ2v) is 5.67. The molecule has 0 saturated carbocycles. The van der Waals surface area contributed by atoms with Crippen LogP contribution in [0.3, 0.4) is 0 Å². The van der Waals surface area contributed by atoms with Crippen LogP contribution in [0.15, 0.2) is 30.3 Å². The van der Waals surface area contributed by atoms with E-state index in [-0.39, 0.29) is 11.5 Å². The van der Waals surface area contributed by atoms with Crippen LogP contribution in [0, 0.1) is 6.92 Å². The lowest BCUT2D eigenvalue weighted by Gasteiger charge is -2.09. The molecule has 2 aromatic heterocycles. The van der Waals surface area contributed by atoms with Crippen LogP contribution in [0.5, 0.6) is 0 Å². The monoisotopic (exact) mass is 317 g/mol. The lowest BCUT2D eigenvalue weighted by molar-refractivity contribution is 0.151. The third kappa shape index (κ3) is 3.13. The molecule has 0 radical (unpaired) electrons. The number of halogens is 2. The van der Waals surface area contributed by atoms with Crippen molar-refractivity contribution in [1.29, 1.82) is 0 Å². The van der Waals surface area contributed by atoms with Crippen molar-refractivity contribution < 1.29 is 8.78 Å². The summed E-state index contributed by atoms with van der Waals surface area (Å²) in [6, 6.07) is 7.87. The third-order valence-corrected chi connectivity index (χ3v) is 3.41. The molecule has 7 heteroatoms. The molecule has 0 spiro atoms. The Labute approximate surface area is 132 Å². The molecular formula is C16H17F2N5. The van der Waals surface area contributed by atoms with Gasteiger partial charge in [-0.25, -0.2) is 13.8 Å². The first-order chi connectivity index (χ1) is 10.9. The fourth-order valence-electron chi connectivity index (χ4n) is 2.20.